The molecule has 2 nitrogen and oxygen atoms in total. The van der Waals surface area contributed by atoms with Crippen LogP contribution in [0.15, 0.2) is 24.3 Å². The van der Waals surface area contributed by atoms with Crippen LogP contribution in [0.5, 0.6) is 5.75 Å². The number of benzene rings is 1. The molecule has 0 aromatic heterocycles. The van der Waals surface area contributed by atoms with Crippen LogP contribution < -0.4 is 4.74 Å². The van der Waals surface area contributed by atoms with Gasteiger partial charge in [0.2, 0.25) is 0 Å². The predicted molar refractivity (Wildman–Crippen MR) is 43.9 cm³/mol. The minimum atomic E-state index is -2.43. The zero-order chi connectivity index (χ0) is 9.68. The molecular weight excluding hydrogens is 178 g/mol. The van der Waals surface area contributed by atoms with Crippen LogP contribution in [-0.2, 0) is 4.74 Å². The minimum Gasteiger partial charge on any atom is -0.468 e. The van der Waals surface area contributed by atoms with Crippen LogP contribution in [0, 0.1) is 0 Å². The summed E-state index contributed by atoms with van der Waals surface area (Å²) in [6, 6.07) is 5.63. The number of hydrogen-bond donors (Lipinski definition) is 0. The second-order valence-electron chi connectivity index (χ2n) is 2.42. The second kappa shape index (κ2) is 4.77. The molecule has 0 aliphatic rings. The summed E-state index contributed by atoms with van der Waals surface area (Å²) in [5, 5.41) is 0. The first kappa shape index (κ1) is 9.92. The van der Waals surface area contributed by atoms with Crippen molar-refractivity contribution in [2.75, 3.05) is 13.9 Å². The van der Waals surface area contributed by atoms with E-state index in [-0.39, 0.29) is 12.4 Å². The van der Waals surface area contributed by atoms with Crippen molar-refractivity contribution in [3.05, 3.63) is 29.8 Å². The van der Waals surface area contributed by atoms with Crippen molar-refractivity contribution in [2.45, 2.75) is 6.43 Å². The summed E-state index contributed by atoms with van der Waals surface area (Å²) >= 11 is 0. The zero-order valence-corrected chi connectivity index (χ0v) is 7.17. The average Bonchev–Trinajstić information content (AvgIpc) is 2.15. The Hall–Kier alpha value is -1.16. The summed E-state index contributed by atoms with van der Waals surface area (Å²) in [6.07, 6.45) is -2.43. The number of rotatable bonds is 4. The molecule has 0 aliphatic carbocycles. The predicted octanol–water partition coefficient (Wildman–Crippen LogP) is 2.61. The maximum atomic E-state index is 12.1. The summed E-state index contributed by atoms with van der Waals surface area (Å²) in [5.74, 6) is 0.520. The van der Waals surface area contributed by atoms with Crippen LogP contribution in [-0.4, -0.2) is 13.9 Å². The van der Waals surface area contributed by atoms with Gasteiger partial charge in [-0.25, -0.2) is 8.78 Å². The average molecular weight is 188 g/mol. The normalized spacial score (nSPS) is 10.5. The first-order valence-corrected chi connectivity index (χ1v) is 3.74. The lowest BCUT2D eigenvalue weighted by Crippen LogP contribution is -1.98. The molecule has 1 aromatic carbocycles. The second-order valence-corrected chi connectivity index (χ2v) is 2.42. The fourth-order valence-electron chi connectivity index (χ4n) is 0.836. The van der Waals surface area contributed by atoms with Crippen LogP contribution in [0.1, 0.15) is 12.0 Å². The summed E-state index contributed by atoms with van der Waals surface area (Å²) in [6.45, 7) is 0.119. The quantitative estimate of drug-likeness (QED) is 0.676. The number of ether oxygens (including phenoxy) is 2. The standard InChI is InChI=1S/C9H10F2O2/c1-12-6-13-8-4-2-7(3-5-8)9(10)11/h2-5,9H,6H2,1H3. The molecule has 0 amide bonds. The maximum Gasteiger partial charge on any atom is 0.263 e. The van der Waals surface area contributed by atoms with E-state index < -0.39 is 6.43 Å². The van der Waals surface area contributed by atoms with Gasteiger partial charge in [-0.1, -0.05) is 0 Å². The molecule has 0 N–H and O–H groups in total. The van der Waals surface area contributed by atoms with E-state index in [1.165, 1.54) is 31.4 Å². The molecule has 13 heavy (non-hydrogen) atoms. The van der Waals surface area contributed by atoms with Crippen molar-refractivity contribution < 1.29 is 18.3 Å². The summed E-state index contributed by atoms with van der Waals surface area (Å²) in [4.78, 5) is 0. The van der Waals surface area contributed by atoms with E-state index in [4.69, 9.17) is 4.74 Å². The van der Waals surface area contributed by atoms with E-state index in [0.29, 0.717) is 5.75 Å². The SMILES string of the molecule is COCOc1ccc(C(F)F)cc1. The van der Waals surface area contributed by atoms with E-state index in [9.17, 15) is 8.78 Å². The molecule has 0 saturated heterocycles. The molecule has 0 radical (unpaired) electrons. The van der Waals surface area contributed by atoms with Crippen LogP contribution in [0.3, 0.4) is 0 Å². The summed E-state index contributed by atoms with van der Waals surface area (Å²) < 4.78 is 33.8. The zero-order valence-electron chi connectivity index (χ0n) is 7.17. The van der Waals surface area contributed by atoms with Gasteiger partial charge < -0.3 is 9.47 Å². The van der Waals surface area contributed by atoms with Crippen LogP contribution >= 0.6 is 0 Å². The molecule has 72 valence electrons. The van der Waals surface area contributed by atoms with Crippen molar-refractivity contribution >= 4 is 0 Å². The summed E-state index contributed by atoms with van der Waals surface area (Å²) in [5.41, 5.74) is -0.00948. The van der Waals surface area contributed by atoms with Gasteiger partial charge in [0, 0.05) is 12.7 Å². The molecule has 0 saturated carbocycles. The van der Waals surface area contributed by atoms with Crippen LogP contribution in [0.25, 0.3) is 0 Å². The van der Waals surface area contributed by atoms with E-state index >= 15 is 0 Å². The van der Waals surface area contributed by atoms with E-state index in [1.54, 1.807) is 0 Å². The molecule has 0 heterocycles. The highest BCUT2D eigenvalue weighted by molar-refractivity contribution is 5.27. The maximum absolute atomic E-state index is 12.1. The number of methoxy groups -OCH3 is 1. The third kappa shape index (κ3) is 2.99. The Bertz CT molecular complexity index is 246. The fourth-order valence-corrected chi connectivity index (χ4v) is 0.836. The highest BCUT2D eigenvalue weighted by atomic mass is 19.3. The first-order valence-electron chi connectivity index (χ1n) is 3.74. The third-order valence-electron chi connectivity index (χ3n) is 1.48. The van der Waals surface area contributed by atoms with Gasteiger partial charge in [0.15, 0.2) is 6.79 Å². The fraction of sp³-hybridized carbons (Fsp3) is 0.333. The molecule has 0 fully saturated rings. The van der Waals surface area contributed by atoms with E-state index in [1.807, 2.05) is 0 Å². The lowest BCUT2D eigenvalue weighted by Gasteiger charge is -2.04. The molecule has 1 rings (SSSR count). The first-order chi connectivity index (χ1) is 6.24. The molecule has 0 atom stereocenters. The monoisotopic (exact) mass is 188 g/mol. The minimum absolute atomic E-state index is 0.00948. The molecule has 4 heteroatoms. The topological polar surface area (TPSA) is 18.5 Å². The number of alkyl halides is 2. The molecule has 1 aromatic rings. The van der Waals surface area contributed by atoms with Crippen LogP contribution in [0.4, 0.5) is 8.78 Å². The lowest BCUT2D eigenvalue weighted by molar-refractivity contribution is 0.0510. The van der Waals surface area contributed by atoms with E-state index in [2.05, 4.69) is 4.74 Å². The molecule has 0 aliphatic heterocycles. The summed E-state index contributed by atoms with van der Waals surface area (Å²) in [7, 11) is 1.49. The Balaban J connectivity index is 2.59. The molecule has 0 spiro atoms. The Kier molecular flexibility index (Phi) is 3.64. The van der Waals surface area contributed by atoms with Crippen molar-refractivity contribution in [1.82, 2.24) is 0 Å². The Morgan fingerprint density at radius 2 is 1.85 bits per heavy atom. The van der Waals surface area contributed by atoms with Gasteiger partial charge in [0.1, 0.15) is 5.75 Å². The largest absolute Gasteiger partial charge is 0.468 e. The molecule has 0 unspecified atom stereocenters. The lowest BCUT2D eigenvalue weighted by atomic mass is 10.2. The Labute approximate surface area is 75.1 Å². The van der Waals surface area contributed by atoms with Gasteiger partial charge in [0.25, 0.3) is 6.43 Å². The Morgan fingerprint density at radius 3 is 2.31 bits per heavy atom. The molecular formula is C9H10F2O2. The van der Waals surface area contributed by atoms with Gasteiger partial charge in [-0.2, -0.15) is 0 Å². The highest BCUT2D eigenvalue weighted by Crippen LogP contribution is 2.21. The van der Waals surface area contributed by atoms with E-state index in [0.717, 1.165) is 0 Å². The van der Waals surface area contributed by atoms with Gasteiger partial charge in [-0.15, -0.1) is 0 Å². The third-order valence-corrected chi connectivity index (χ3v) is 1.48. The Morgan fingerprint density at radius 1 is 1.23 bits per heavy atom. The van der Waals surface area contributed by atoms with Crippen molar-refractivity contribution in [2.24, 2.45) is 0 Å². The van der Waals surface area contributed by atoms with Gasteiger partial charge in [0.05, 0.1) is 0 Å². The van der Waals surface area contributed by atoms with Crippen molar-refractivity contribution in [1.29, 1.82) is 0 Å². The highest BCUT2D eigenvalue weighted by Gasteiger charge is 2.05. The van der Waals surface area contributed by atoms with Crippen molar-refractivity contribution in [3.8, 4) is 5.75 Å². The molecule has 0 bridgehead atoms. The van der Waals surface area contributed by atoms with Gasteiger partial charge >= 0.3 is 0 Å². The van der Waals surface area contributed by atoms with Gasteiger partial charge in [-0.05, 0) is 24.3 Å². The smallest absolute Gasteiger partial charge is 0.263 e. The number of hydrogen-bond acceptors (Lipinski definition) is 2. The van der Waals surface area contributed by atoms with Gasteiger partial charge in [-0.3, -0.25) is 0 Å². The van der Waals surface area contributed by atoms with Crippen LogP contribution in [0.2, 0.25) is 0 Å². The number of halogens is 2. The van der Waals surface area contributed by atoms with Crippen molar-refractivity contribution in [3.63, 3.8) is 0 Å².